The first-order chi connectivity index (χ1) is 9.49. The number of hydrogen-bond donors (Lipinski definition) is 1. The highest BCUT2D eigenvalue weighted by molar-refractivity contribution is 5.05. The maximum Gasteiger partial charge on any atom is 0.330 e. The normalized spacial score (nSPS) is 17.6. The van der Waals surface area contributed by atoms with Crippen molar-refractivity contribution in [2.24, 2.45) is 14.1 Å². The van der Waals surface area contributed by atoms with Crippen molar-refractivity contribution >= 4 is 0 Å². The number of nitrogens with one attached hydrogen (secondary N) is 1. The predicted molar refractivity (Wildman–Crippen MR) is 78.9 cm³/mol. The van der Waals surface area contributed by atoms with Crippen LogP contribution in [0.25, 0.3) is 0 Å². The van der Waals surface area contributed by atoms with E-state index in [4.69, 9.17) is 0 Å². The van der Waals surface area contributed by atoms with E-state index < -0.39 is 0 Å². The fourth-order valence-electron chi connectivity index (χ4n) is 2.71. The standard InChI is InChI=1S/C14H24N4O2/c1-11(9-18-6-4-5-7-18)15-8-12-10-16(2)14(20)17(3)13(12)19/h10-11,15H,4-9H2,1-3H3. The maximum absolute atomic E-state index is 12.0. The first-order valence-electron chi connectivity index (χ1n) is 7.20. The Bertz CT molecular complexity index is 570. The van der Waals surface area contributed by atoms with Crippen LogP contribution in [0.2, 0.25) is 0 Å². The molecule has 6 nitrogen and oxygen atoms in total. The van der Waals surface area contributed by atoms with Gasteiger partial charge in [0.1, 0.15) is 0 Å². The SMILES string of the molecule is CC(CN1CCCC1)NCc1cn(C)c(=O)n(C)c1=O. The molecule has 1 aliphatic heterocycles. The number of hydrogen-bond acceptors (Lipinski definition) is 4. The fourth-order valence-corrected chi connectivity index (χ4v) is 2.71. The molecule has 1 fully saturated rings. The molecule has 0 bridgehead atoms. The van der Waals surface area contributed by atoms with Crippen LogP contribution < -0.4 is 16.6 Å². The molecule has 0 aliphatic carbocycles. The first-order valence-corrected chi connectivity index (χ1v) is 7.20. The molecule has 1 saturated heterocycles. The molecule has 6 heteroatoms. The number of likely N-dealkylation sites (tertiary alicyclic amines) is 1. The molecule has 20 heavy (non-hydrogen) atoms. The van der Waals surface area contributed by atoms with E-state index in [1.807, 2.05) is 0 Å². The van der Waals surface area contributed by atoms with Crippen molar-refractivity contribution < 1.29 is 0 Å². The van der Waals surface area contributed by atoms with Gasteiger partial charge in [0, 0.05) is 45.0 Å². The van der Waals surface area contributed by atoms with Gasteiger partial charge in [0.05, 0.1) is 0 Å². The highest BCUT2D eigenvalue weighted by atomic mass is 16.2. The van der Waals surface area contributed by atoms with Crippen molar-refractivity contribution in [3.05, 3.63) is 32.6 Å². The van der Waals surface area contributed by atoms with Gasteiger partial charge in [-0.2, -0.15) is 0 Å². The summed E-state index contributed by atoms with van der Waals surface area (Å²) in [6.07, 6.45) is 4.20. The summed E-state index contributed by atoms with van der Waals surface area (Å²) in [7, 11) is 3.18. The molecule has 1 aromatic rings. The first kappa shape index (κ1) is 15.0. The van der Waals surface area contributed by atoms with Crippen molar-refractivity contribution in [1.29, 1.82) is 0 Å². The van der Waals surface area contributed by atoms with Crippen molar-refractivity contribution in [2.45, 2.75) is 32.4 Å². The van der Waals surface area contributed by atoms with E-state index in [1.54, 1.807) is 13.2 Å². The minimum atomic E-state index is -0.288. The van der Waals surface area contributed by atoms with Gasteiger partial charge in [0.15, 0.2) is 0 Å². The molecule has 0 aromatic carbocycles. The lowest BCUT2D eigenvalue weighted by atomic mass is 10.2. The van der Waals surface area contributed by atoms with Crippen molar-refractivity contribution in [3.63, 3.8) is 0 Å². The number of nitrogens with zero attached hydrogens (tertiary/aromatic N) is 3. The van der Waals surface area contributed by atoms with E-state index in [9.17, 15) is 9.59 Å². The minimum absolute atomic E-state index is 0.214. The van der Waals surface area contributed by atoms with Crippen molar-refractivity contribution in [3.8, 4) is 0 Å². The molecule has 1 aliphatic rings. The Morgan fingerprint density at radius 3 is 2.55 bits per heavy atom. The van der Waals surface area contributed by atoms with Gasteiger partial charge in [-0.05, 0) is 32.9 Å². The van der Waals surface area contributed by atoms with Crippen LogP contribution in [0.15, 0.2) is 15.8 Å². The van der Waals surface area contributed by atoms with Crippen molar-refractivity contribution in [2.75, 3.05) is 19.6 Å². The van der Waals surface area contributed by atoms with E-state index in [0.717, 1.165) is 11.1 Å². The second-order valence-corrected chi connectivity index (χ2v) is 5.70. The summed E-state index contributed by atoms with van der Waals surface area (Å²) in [5.74, 6) is 0. The summed E-state index contributed by atoms with van der Waals surface area (Å²) >= 11 is 0. The Morgan fingerprint density at radius 1 is 1.25 bits per heavy atom. The average molecular weight is 280 g/mol. The molecule has 0 radical (unpaired) electrons. The van der Waals surface area contributed by atoms with Gasteiger partial charge in [-0.25, -0.2) is 4.79 Å². The van der Waals surface area contributed by atoms with Gasteiger partial charge in [-0.15, -0.1) is 0 Å². The third-order valence-corrected chi connectivity index (χ3v) is 3.89. The largest absolute Gasteiger partial charge is 0.330 e. The Hall–Kier alpha value is -1.40. The number of aryl methyl sites for hydroxylation is 1. The third-order valence-electron chi connectivity index (χ3n) is 3.89. The smallest absolute Gasteiger partial charge is 0.309 e. The number of aromatic nitrogens is 2. The van der Waals surface area contributed by atoms with Crippen molar-refractivity contribution in [1.82, 2.24) is 19.4 Å². The summed E-state index contributed by atoms with van der Waals surface area (Å²) < 4.78 is 2.60. The molecule has 0 amide bonds. The second-order valence-electron chi connectivity index (χ2n) is 5.70. The van der Waals surface area contributed by atoms with Crippen LogP contribution in [0.4, 0.5) is 0 Å². The maximum atomic E-state index is 12.0. The Morgan fingerprint density at radius 2 is 1.90 bits per heavy atom. The summed E-state index contributed by atoms with van der Waals surface area (Å²) in [6.45, 7) is 5.98. The van der Waals surface area contributed by atoms with Crippen LogP contribution in [0.5, 0.6) is 0 Å². The zero-order chi connectivity index (χ0) is 14.7. The predicted octanol–water partition coefficient (Wildman–Crippen LogP) is -0.342. The topological polar surface area (TPSA) is 59.3 Å². The third kappa shape index (κ3) is 3.37. The van der Waals surface area contributed by atoms with E-state index in [0.29, 0.717) is 18.2 Å². The molecular weight excluding hydrogens is 256 g/mol. The molecule has 1 N–H and O–H groups in total. The highest BCUT2D eigenvalue weighted by Crippen LogP contribution is 2.07. The monoisotopic (exact) mass is 280 g/mol. The van der Waals surface area contributed by atoms with Gasteiger partial charge >= 0.3 is 5.69 Å². The van der Waals surface area contributed by atoms with Crippen LogP contribution in [-0.4, -0.2) is 39.7 Å². The molecule has 0 saturated carbocycles. The number of rotatable bonds is 5. The summed E-state index contributed by atoms with van der Waals surface area (Å²) in [6, 6.07) is 0.329. The molecule has 2 heterocycles. The lowest BCUT2D eigenvalue weighted by Gasteiger charge is -2.21. The van der Waals surface area contributed by atoms with Crippen LogP contribution in [-0.2, 0) is 20.6 Å². The summed E-state index contributed by atoms with van der Waals surface area (Å²) in [5, 5.41) is 3.37. The van der Waals surface area contributed by atoms with Gasteiger partial charge in [-0.3, -0.25) is 9.36 Å². The lowest BCUT2D eigenvalue weighted by Crippen LogP contribution is -2.42. The molecule has 1 atom stereocenters. The van der Waals surface area contributed by atoms with Crippen LogP contribution in [0.1, 0.15) is 25.3 Å². The van der Waals surface area contributed by atoms with E-state index in [-0.39, 0.29) is 11.2 Å². The van der Waals surface area contributed by atoms with Crippen LogP contribution in [0.3, 0.4) is 0 Å². The van der Waals surface area contributed by atoms with Crippen LogP contribution in [0, 0.1) is 0 Å². The highest BCUT2D eigenvalue weighted by Gasteiger charge is 2.15. The van der Waals surface area contributed by atoms with Gasteiger partial charge < -0.3 is 14.8 Å². The minimum Gasteiger partial charge on any atom is -0.309 e. The molecular formula is C14H24N4O2. The molecule has 1 unspecified atom stereocenters. The van der Waals surface area contributed by atoms with Gasteiger partial charge in [-0.1, -0.05) is 0 Å². The van der Waals surface area contributed by atoms with E-state index in [1.165, 1.54) is 37.5 Å². The van der Waals surface area contributed by atoms with E-state index >= 15 is 0 Å². The van der Waals surface area contributed by atoms with E-state index in [2.05, 4.69) is 17.1 Å². The zero-order valence-electron chi connectivity index (χ0n) is 12.6. The fraction of sp³-hybridized carbons (Fsp3) is 0.714. The molecule has 2 rings (SSSR count). The Balaban J connectivity index is 1.96. The Labute approximate surface area is 119 Å². The summed E-state index contributed by atoms with van der Waals surface area (Å²) in [4.78, 5) is 26.0. The quantitative estimate of drug-likeness (QED) is 0.801. The summed E-state index contributed by atoms with van der Waals surface area (Å²) in [5.41, 5.74) is 0.126. The van der Waals surface area contributed by atoms with Crippen LogP contribution >= 0.6 is 0 Å². The molecule has 1 aromatic heterocycles. The Kier molecular flexibility index (Phi) is 4.77. The molecule has 0 spiro atoms. The molecule has 112 valence electrons. The zero-order valence-corrected chi connectivity index (χ0v) is 12.6. The average Bonchev–Trinajstić information content (AvgIpc) is 2.92. The van der Waals surface area contributed by atoms with Gasteiger partial charge in [0.2, 0.25) is 0 Å². The van der Waals surface area contributed by atoms with Gasteiger partial charge in [0.25, 0.3) is 5.56 Å². The second kappa shape index (κ2) is 6.37. The lowest BCUT2D eigenvalue weighted by molar-refractivity contribution is 0.298.